The van der Waals surface area contributed by atoms with Crippen LogP contribution in [0.15, 0.2) is 24.4 Å². The van der Waals surface area contributed by atoms with Gasteiger partial charge in [-0.05, 0) is 18.2 Å². The van der Waals surface area contributed by atoms with Crippen LogP contribution in [0.4, 0.5) is 5.69 Å². The molecule has 4 N–H and O–H groups in total. The Kier molecular flexibility index (Phi) is 2.64. The van der Waals surface area contributed by atoms with Gasteiger partial charge in [0.2, 0.25) is 0 Å². The number of nitrogens with zero attached hydrogens (tertiary/aromatic N) is 1. The van der Waals surface area contributed by atoms with Gasteiger partial charge in [-0.1, -0.05) is 0 Å². The van der Waals surface area contributed by atoms with Gasteiger partial charge < -0.3 is 11.1 Å². The number of H-pyrrole nitrogens is 1. The Morgan fingerprint density at radius 3 is 3.20 bits per heavy atom. The van der Waals surface area contributed by atoms with E-state index in [4.69, 9.17) is 5.73 Å². The molecule has 0 aliphatic rings. The second-order valence-electron chi connectivity index (χ2n) is 3.27. The number of rotatable bonds is 4. The fourth-order valence-electron chi connectivity index (χ4n) is 1.33. The average Bonchev–Trinajstić information content (AvgIpc) is 2.72. The van der Waals surface area contributed by atoms with E-state index in [1.165, 1.54) is 0 Å². The third-order valence-corrected chi connectivity index (χ3v) is 2.16. The second kappa shape index (κ2) is 4.10. The molecular formula is C10H12N4O. The van der Waals surface area contributed by atoms with E-state index in [0.717, 1.165) is 16.6 Å². The molecule has 1 aromatic carbocycles. The van der Waals surface area contributed by atoms with Crippen molar-refractivity contribution < 1.29 is 4.79 Å². The highest BCUT2D eigenvalue weighted by atomic mass is 16.1. The average molecular weight is 204 g/mol. The highest BCUT2D eigenvalue weighted by Gasteiger charge is 2.00. The van der Waals surface area contributed by atoms with Crippen molar-refractivity contribution >= 4 is 22.4 Å². The van der Waals surface area contributed by atoms with Crippen molar-refractivity contribution in [3.63, 3.8) is 0 Å². The van der Waals surface area contributed by atoms with Crippen molar-refractivity contribution in [1.29, 1.82) is 0 Å². The summed E-state index contributed by atoms with van der Waals surface area (Å²) in [5, 5.41) is 10.8. The van der Waals surface area contributed by atoms with Crippen molar-refractivity contribution in [2.24, 2.45) is 5.73 Å². The number of carbonyl (C=O) groups excluding carboxylic acids is 1. The molecule has 0 bridgehead atoms. The van der Waals surface area contributed by atoms with Crippen LogP contribution in [-0.2, 0) is 4.79 Å². The lowest BCUT2D eigenvalue weighted by Gasteiger charge is -2.04. The largest absolute Gasteiger partial charge is 0.378 e. The predicted octanol–water partition coefficient (Wildman–Crippen LogP) is 0.503. The van der Waals surface area contributed by atoms with Crippen molar-refractivity contribution in [2.45, 2.75) is 0 Å². The molecule has 0 fully saturated rings. The summed E-state index contributed by atoms with van der Waals surface area (Å²) in [6.45, 7) is 0.334. The maximum Gasteiger partial charge on any atom is 0.165 e. The molecular weight excluding hydrogens is 192 g/mol. The minimum atomic E-state index is -0.0118. The van der Waals surface area contributed by atoms with Gasteiger partial charge in [-0.15, -0.1) is 0 Å². The Labute approximate surface area is 86.7 Å². The fourth-order valence-corrected chi connectivity index (χ4v) is 1.33. The van der Waals surface area contributed by atoms with Gasteiger partial charge in [0.15, 0.2) is 5.78 Å². The molecule has 0 aliphatic heterocycles. The zero-order valence-electron chi connectivity index (χ0n) is 8.16. The van der Waals surface area contributed by atoms with Gasteiger partial charge in [0.1, 0.15) is 0 Å². The first-order chi connectivity index (χ1) is 7.29. The number of hydrogen-bond acceptors (Lipinski definition) is 4. The van der Waals surface area contributed by atoms with Crippen LogP contribution in [0.25, 0.3) is 10.9 Å². The summed E-state index contributed by atoms with van der Waals surface area (Å²) in [7, 11) is 0. The molecule has 0 saturated heterocycles. The number of Topliss-reactive ketones (excluding diaryl/α,β-unsaturated/α-hetero) is 1. The summed E-state index contributed by atoms with van der Waals surface area (Å²) in [6.07, 6.45) is 1.74. The topological polar surface area (TPSA) is 83.8 Å². The molecule has 0 aliphatic carbocycles. The van der Waals surface area contributed by atoms with Gasteiger partial charge >= 0.3 is 0 Å². The Balaban J connectivity index is 2.11. The summed E-state index contributed by atoms with van der Waals surface area (Å²) >= 11 is 0. The van der Waals surface area contributed by atoms with Crippen LogP contribution in [0, 0.1) is 0 Å². The molecule has 5 nitrogen and oxygen atoms in total. The third-order valence-electron chi connectivity index (χ3n) is 2.16. The van der Waals surface area contributed by atoms with Crippen LogP contribution in [0.2, 0.25) is 0 Å². The first-order valence-electron chi connectivity index (χ1n) is 4.68. The number of aromatic amines is 1. The number of hydrogen-bond donors (Lipinski definition) is 3. The van der Waals surface area contributed by atoms with E-state index in [1.807, 2.05) is 18.2 Å². The number of nitrogens with two attached hydrogens (primary N) is 1. The molecule has 5 heteroatoms. The number of aromatic nitrogens is 2. The van der Waals surface area contributed by atoms with E-state index in [9.17, 15) is 4.79 Å². The monoisotopic (exact) mass is 204 g/mol. The van der Waals surface area contributed by atoms with Crippen molar-refractivity contribution in [1.82, 2.24) is 10.2 Å². The van der Waals surface area contributed by atoms with Gasteiger partial charge in [0.25, 0.3) is 0 Å². The number of fused-ring (bicyclic) bond motifs is 1. The predicted molar refractivity (Wildman–Crippen MR) is 58.6 cm³/mol. The maximum atomic E-state index is 11.0. The lowest BCUT2D eigenvalue weighted by atomic mass is 10.2. The van der Waals surface area contributed by atoms with Gasteiger partial charge in [-0.2, -0.15) is 5.10 Å². The fraction of sp³-hybridized carbons (Fsp3) is 0.200. The number of ketones is 1. The van der Waals surface area contributed by atoms with Crippen LogP contribution in [-0.4, -0.2) is 29.1 Å². The molecule has 0 radical (unpaired) electrons. The summed E-state index contributed by atoms with van der Waals surface area (Å²) in [5.41, 5.74) is 7.08. The van der Waals surface area contributed by atoms with Crippen LogP contribution in [0.3, 0.4) is 0 Å². The SMILES string of the molecule is NCC(=O)CNc1ccc2[nH]ncc2c1. The maximum absolute atomic E-state index is 11.0. The quantitative estimate of drug-likeness (QED) is 0.677. The molecule has 15 heavy (non-hydrogen) atoms. The number of carbonyl (C=O) groups is 1. The van der Waals surface area contributed by atoms with Crippen molar-refractivity contribution in [3.05, 3.63) is 24.4 Å². The van der Waals surface area contributed by atoms with E-state index < -0.39 is 0 Å². The Morgan fingerprint density at radius 2 is 2.40 bits per heavy atom. The Morgan fingerprint density at radius 1 is 1.53 bits per heavy atom. The summed E-state index contributed by atoms with van der Waals surface area (Å²) < 4.78 is 0. The number of nitrogens with one attached hydrogen (secondary N) is 2. The van der Waals surface area contributed by atoms with Gasteiger partial charge in [-0.3, -0.25) is 9.89 Å². The lowest BCUT2D eigenvalue weighted by Crippen LogP contribution is -2.22. The first kappa shape index (κ1) is 9.67. The summed E-state index contributed by atoms with van der Waals surface area (Å²) in [4.78, 5) is 11.0. The normalized spacial score (nSPS) is 10.5. The highest BCUT2D eigenvalue weighted by molar-refractivity contribution is 5.86. The molecule has 0 saturated carbocycles. The van der Waals surface area contributed by atoms with Crippen LogP contribution in [0.1, 0.15) is 0 Å². The highest BCUT2D eigenvalue weighted by Crippen LogP contribution is 2.16. The standard InChI is InChI=1S/C10H12N4O/c11-4-9(15)6-12-8-1-2-10-7(3-8)5-13-14-10/h1-3,5,12H,4,6,11H2,(H,13,14). The zero-order valence-corrected chi connectivity index (χ0v) is 8.16. The van der Waals surface area contributed by atoms with Gasteiger partial charge in [0.05, 0.1) is 24.8 Å². The Hall–Kier alpha value is -1.88. The van der Waals surface area contributed by atoms with Crippen LogP contribution >= 0.6 is 0 Å². The Bertz CT molecular complexity index is 477. The minimum absolute atomic E-state index is 0.0118. The third kappa shape index (κ3) is 2.13. The lowest BCUT2D eigenvalue weighted by molar-refractivity contribution is -0.116. The summed E-state index contributed by atoms with van der Waals surface area (Å²) in [6, 6.07) is 5.74. The minimum Gasteiger partial charge on any atom is -0.378 e. The molecule has 1 aromatic heterocycles. The number of benzene rings is 1. The molecule has 0 unspecified atom stereocenters. The first-order valence-corrected chi connectivity index (χ1v) is 4.68. The molecule has 0 amide bonds. The molecule has 2 rings (SSSR count). The molecule has 0 spiro atoms. The summed E-state index contributed by atoms with van der Waals surface area (Å²) in [5.74, 6) is -0.0118. The molecule has 1 heterocycles. The van der Waals surface area contributed by atoms with E-state index in [-0.39, 0.29) is 18.9 Å². The van der Waals surface area contributed by atoms with Crippen molar-refractivity contribution in [3.8, 4) is 0 Å². The van der Waals surface area contributed by atoms with E-state index >= 15 is 0 Å². The van der Waals surface area contributed by atoms with Gasteiger partial charge in [-0.25, -0.2) is 0 Å². The van der Waals surface area contributed by atoms with E-state index in [1.54, 1.807) is 6.20 Å². The zero-order chi connectivity index (χ0) is 10.7. The van der Waals surface area contributed by atoms with Crippen LogP contribution < -0.4 is 11.1 Å². The number of anilines is 1. The van der Waals surface area contributed by atoms with Gasteiger partial charge in [0, 0.05) is 11.1 Å². The molecule has 2 aromatic rings. The molecule has 78 valence electrons. The van der Waals surface area contributed by atoms with E-state index in [0.29, 0.717) is 0 Å². The van der Waals surface area contributed by atoms with Crippen LogP contribution in [0.5, 0.6) is 0 Å². The smallest absolute Gasteiger partial charge is 0.165 e. The van der Waals surface area contributed by atoms with Crippen molar-refractivity contribution in [2.75, 3.05) is 18.4 Å². The molecule has 0 atom stereocenters. The van der Waals surface area contributed by atoms with E-state index in [2.05, 4.69) is 15.5 Å². The second-order valence-corrected chi connectivity index (χ2v) is 3.27.